The number of carbonyl (C=O) groups is 1. The Hall–Kier alpha value is -1.10. The molecule has 0 bridgehead atoms. The van der Waals surface area contributed by atoms with Crippen LogP contribution in [0.1, 0.15) is 42.4 Å². The monoisotopic (exact) mass is 350 g/mol. The molecule has 3 rings (SSSR count). The van der Waals surface area contributed by atoms with Crippen LogP contribution in [-0.4, -0.2) is 41.1 Å². The molecule has 0 aliphatic heterocycles. The van der Waals surface area contributed by atoms with Gasteiger partial charge in [0.25, 0.3) is 0 Å². The van der Waals surface area contributed by atoms with Gasteiger partial charge in [-0.1, -0.05) is 11.6 Å². The van der Waals surface area contributed by atoms with Crippen molar-refractivity contribution >= 4 is 17.6 Å². The van der Waals surface area contributed by atoms with Gasteiger partial charge in [-0.05, 0) is 74.3 Å². The number of benzene rings is 1. The summed E-state index contributed by atoms with van der Waals surface area (Å²) in [7, 11) is 0. The lowest BCUT2D eigenvalue weighted by Crippen LogP contribution is -2.54. The molecule has 0 atom stereocenters. The van der Waals surface area contributed by atoms with Gasteiger partial charge in [0.2, 0.25) is 0 Å². The molecule has 4 nitrogen and oxygen atoms in total. The van der Waals surface area contributed by atoms with Crippen molar-refractivity contribution in [2.24, 2.45) is 5.92 Å². The van der Waals surface area contributed by atoms with Crippen LogP contribution in [0.2, 0.25) is 5.02 Å². The zero-order valence-corrected chi connectivity index (χ0v) is 15.3. The predicted molar refractivity (Wildman–Crippen MR) is 96.5 cm³/mol. The number of nitrogens with one attached hydrogen (secondary N) is 1. The van der Waals surface area contributed by atoms with E-state index >= 15 is 0 Å². The number of hydrogen-bond acceptors (Lipinski definition) is 3. The summed E-state index contributed by atoms with van der Waals surface area (Å²) in [6.45, 7) is 6.20. The van der Waals surface area contributed by atoms with E-state index in [4.69, 9.17) is 16.7 Å². The van der Waals surface area contributed by atoms with E-state index in [1.165, 1.54) is 29.5 Å². The van der Waals surface area contributed by atoms with E-state index in [9.17, 15) is 4.79 Å². The fourth-order valence-corrected chi connectivity index (χ4v) is 3.99. The normalized spacial score (nSPS) is 23.3. The molecular weight excluding hydrogens is 324 g/mol. The van der Waals surface area contributed by atoms with Crippen LogP contribution in [0.25, 0.3) is 0 Å². The molecule has 0 spiro atoms. The quantitative estimate of drug-likeness (QED) is 0.754. The first-order valence-electron chi connectivity index (χ1n) is 8.87. The molecule has 2 saturated carbocycles. The summed E-state index contributed by atoms with van der Waals surface area (Å²) >= 11 is 6.09. The Bertz CT molecular complexity index is 586. The minimum absolute atomic E-state index is 0.184. The number of hydrogen-bond donors (Lipinski definition) is 2. The Morgan fingerprint density at radius 3 is 2.46 bits per heavy atom. The summed E-state index contributed by atoms with van der Waals surface area (Å²) < 4.78 is 0. The van der Waals surface area contributed by atoms with Gasteiger partial charge in [-0.25, -0.2) is 0 Å². The lowest BCUT2D eigenvalue weighted by molar-refractivity contribution is -0.139. The molecular formula is C19H27ClN2O2. The number of nitrogens with zero attached hydrogens (tertiary/aromatic N) is 1. The summed E-state index contributed by atoms with van der Waals surface area (Å²) in [4.78, 5) is 13.3. The first-order chi connectivity index (χ1) is 11.4. The van der Waals surface area contributed by atoms with Crippen LogP contribution in [0.3, 0.4) is 0 Å². The van der Waals surface area contributed by atoms with Crippen molar-refractivity contribution in [1.82, 2.24) is 10.2 Å². The molecule has 0 radical (unpaired) electrons. The Balaban J connectivity index is 1.48. The van der Waals surface area contributed by atoms with Crippen LogP contribution in [-0.2, 0) is 11.3 Å². The van der Waals surface area contributed by atoms with Crippen molar-refractivity contribution < 1.29 is 9.90 Å². The fourth-order valence-electron chi connectivity index (χ4n) is 3.67. The maximum atomic E-state index is 11.1. The van der Waals surface area contributed by atoms with Crippen LogP contribution in [0, 0.1) is 19.8 Å². The first-order valence-corrected chi connectivity index (χ1v) is 9.25. The highest BCUT2D eigenvalue weighted by molar-refractivity contribution is 6.30. The van der Waals surface area contributed by atoms with E-state index in [0.717, 1.165) is 36.9 Å². The minimum atomic E-state index is -0.709. The molecule has 2 aliphatic rings. The second kappa shape index (κ2) is 7.42. The van der Waals surface area contributed by atoms with Gasteiger partial charge in [0.1, 0.15) is 0 Å². The summed E-state index contributed by atoms with van der Waals surface area (Å²) in [6, 6.07) is 4.94. The summed E-state index contributed by atoms with van der Waals surface area (Å²) in [5, 5.41) is 13.5. The third-order valence-corrected chi connectivity index (χ3v) is 5.60. The second-order valence-electron chi connectivity index (χ2n) is 7.49. The maximum Gasteiger partial charge on any atom is 0.317 e. The minimum Gasteiger partial charge on any atom is -0.480 e. The molecule has 0 heterocycles. The molecule has 2 N–H and O–H groups in total. The lowest BCUT2D eigenvalue weighted by Gasteiger charge is -2.43. The molecule has 24 heavy (non-hydrogen) atoms. The van der Waals surface area contributed by atoms with E-state index in [2.05, 4.69) is 24.1 Å². The zero-order chi connectivity index (χ0) is 17.3. The van der Waals surface area contributed by atoms with Gasteiger partial charge in [0, 0.05) is 30.2 Å². The van der Waals surface area contributed by atoms with Crippen LogP contribution in [0.5, 0.6) is 0 Å². The molecule has 5 heteroatoms. The number of carboxylic acids is 1. The highest BCUT2D eigenvalue weighted by Gasteiger charge is 2.36. The van der Waals surface area contributed by atoms with E-state index in [1.807, 2.05) is 12.1 Å². The molecule has 2 fully saturated rings. The van der Waals surface area contributed by atoms with Crippen LogP contribution in [0.15, 0.2) is 12.1 Å². The van der Waals surface area contributed by atoms with Crippen molar-refractivity contribution in [3.63, 3.8) is 0 Å². The SMILES string of the molecule is Cc1cc(Cl)cc(C)c1CNC1CC(N(CC(=O)O)CC2CC2)C1. The molecule has 0 unspecified atom stereocenters. The smallest absolute Gasteiger partial charge is 0.317 e. The largest absolute Gasteiger partial charge is 0.480 e. The van der Waals surface area contributed by atoms with Gasteiger partial charge in [0.05, 0.1) is 6.54 Å². The lowest BCUT2D eigenvalue weighted by atomic mass is 9.85. The van der Waals surface area contributed by atoms with Gasteiger partial charge in [0.15, 0.2) is 0 Å². The van der Waals surface area contributed by atoms with Crippen LogP contribution < -0.4 is 5.32 Å². The molecule has 0 saturated heterocycles. The summed E-state index contributed by atoms with van der Waals surface area (Å²) in [5.41, 5.74) is 3.78. The molecule has 132 valence electrons. The van der Waals surface area contributed by atoms with Crippen molar-refractivity contribution in [2.75, 3.05) is 13.1 Å². The van der Waals surface area contributed by atoms with Gasteiger partial charge in [-0.15, -0.1) is 0 Å². The molecule has 2 aliphatic carbocycles. The zero-order valence-electron chi connectivity index (χ0n) is 14.5. The molecule has 1 aromatic carbocycles. The van der Waals surface area contributed by atoms with E-state index in [-0.39, 0.29) is 6.54 Å². The standard InChI is InChI=1S/C19H27ClN2O2/c1-12-5-15(20)6-13(2)18(12)9-21-16-7-17(8-16)22(11-19(23)24)10-14-3-4-14/h5-6,14,16-17,21H,3-4,7-11H2,1-2H3,(H,23,24). The predicted octanol–water partition coefficient (Wildman–Crippen LogP) is 3.37. The number of halogens is 1. The summed E-state index contributed by atoms with van der Waals surface area (Å²) in [5.74, 6) is 0.0233. The molecule has 0 aromatic heterocycles. The van der Waals surface area contributed by atoms with Gasteiger partial charge >= 0.3 is 5.97 Å². The third kappa shape index (κ3) is 4.50. The van der Waals surface area contributed by atoms with E-state index in [1.54, 1.807) is 0 Å². The van der Waals surface area contributed by atoms with Crippen molar-refractivity contribution in [3.8, 4) is 0 Å². The third-order valence-electron chi connectivity index (χ3n) is 5.39. The number of aryl methyl sites for hydroxylation is 2. The highest BCUT2D eigenvalue weighted by atomic mass is 35.5. The van der Waals surface area contributed by atoms with Crippen molar-refractivity contribution in [3.05, 3.63) is 33.8 Å². The Kier molecular flexibility index (Phi) is 5.48. The average Bonchev–Trinajstić information content (AvgIpc) is 3.22. The number of rotatable bonds is 8. The van der Waals surface area contributed by atoms with Gasteiger partial charge in [-0.3, -0.25) is 9.69 Å². The molecule has 0 amide bonds. The van der Waals surface area contributed by atoms with Crippen molar-refractivity contribution in [1.29, 1.82) is 0 Å². The van der Waals surface area contributed by atoms with Crippen molar-refractivity contribution in [2.45, 2.75) is 58.2 Å². The number of carboxylic acid groups (broad SMARTS) is 1. The van der Waals surface area contributed by atoms with Gasteiger partial charge < -0.3 is 10.4 Å². The Morgan fingerprint density at radius 1 is 1.29 bits per heavy atom. The fraction of sp³-hybridized carbons (Fsp3) is 0.632. The highest BCUT2D eigenvalue weighted by Crippen LogP contribution is 2.34. The van der Waals surface area contributed by atoms with Crippen LogP contribution in [0.4, 0.5) is 0 Å². The second-order valence-corrected chi connectivity index (χ2v) is 7.92. The van der Waals surface area contributed by atoms with Crippen LogP contribution >= 0.6 is 11.6 Å². The van der Waals surface area contributed by atoms with Gasteiger partial charge in [-0.2, -0.15) is 0 Å². The average molecular weight is 351 g/mol. The summed E-state index contributed by atoms with van der Waals surface area (Å²) in [6.07, 6.45) is 4.62. The first kappa shape index (κ1) is 17.7. The topological polar surface area (TPSA) is 52.6 Å². The Labute approximate surface area is 149 Å². The number of aliphatic carboxylic acids is 1. The maximum absolute atomic E-state index is 11.1. The van der Waals surface area contributed by atoms with E-state index in [0.29, 0.717) is 12.1 Å². The Morgan fingerprint density at radius 2 is 1.92 bits per heavy atom. The molecule has 1 aromatic rings. The van der Waals surface area contributed by atoms with E-state index < -0.39 is 5.97 Å².